The Hall–Kier alpha value is -1.79. The van der Waals surface area contributed by atoms with E-state index in [1.54, 1.807) is 13.0 Å². The van der Waals surface area contributed by atoms with Gasteiger partial charge in [0, 0.05) is 22.9 Å². The maximum Gasteiger partial charge on any atom is 0.416 e. The number of carbonyl (C=O) groups excluding carboxylic acids is 1. The molecule has 0 fully saturated rings. The maximum atomic E-state index is 12.9. The molecular formula is C22H28ClF3O3. The first-order chi connectivity index (χ1) is 13.5. The van der Waals surface area contributed by atoms with E-state index in [-0.39, 0.29) is 29.0 Å². The van der Waals surface area contributed by atoms with E-state index < -0.39 is 17.8 Å². The Bertz CT molecular complexity index is 741. The van der Waals surface area contributed by atoms with Crippen LogP contribution < -0.4 is 0 Å². The molecule has 3 atom stereocenters. The Morgan fingerprint density at radius 3 is 2.52 bits per heavy atom. The molecule has 0 radical (unpaired) electrons. The fourth-order valence-electron chi connectivity index (χ4n) is 2.59. The topological polar surface area (TPSA) is 46.5 Å². The average Bonchev–Trinajstić information content (AvgIpc) is 2.67. The zero-order chi connectivity index (χ0) is 22.2. The number of hydrogen-bond donors (Lipinski definition) is 1. The number of aliphatic hydroxyl groups is 1. The second-order valence-corrected chi connectivity index (χ2v) is 7.57. The molecule has 0 amide bonds. The molecule has 7 heteroatoms. The van der Waals surface area contributed by atoms with Crippen molar-refractivity contribution in [2.45, 2.75) is 59.4 Å². The van der Waals surface area contributed by atoms with Gasteiger partial charge in [-0.05, 0) is 43.5 Å². The molecule has 3 nitrogen and oxygen atoms in total. The quantitative estimate of drug-likeness (QED) is 0.266. The lowest BCUT2D eigenvalue weighted by Crippen LogP contribution is -2.24. The summed E-state index contributed by atoms with van der Waals surface area (Å²) in [5, 5.41) is 10.4. The standard InChI is InChI=1S/C22H28ClF3O3/c1-5-19(10-14(2)6-9-21(28)16(4)15(3)12-27)29-13-17-11-18(22(24,25)26)7-8-20(17)23/h6-8,10-12,15-16,21,28H,5,9,13H2,1-4H3/b14-6-,19-10+/t15?,16-,21-/m0/s1. The molecule has 1 aromatic rings. The predicted molar refractivity (Wildman–Crippen MR) is 108 cm³/mol. The second kappa shape index (κ2) is 11.4. The lowest BCUT2D eigenvalue weighted by atomic mass is 9.90. The SMILES string of the molecule is CC/C(=C\C(C)=C/C[C@H](O)[C@@H](C)C(C)C=O)OCc1cc(C(F)(F)F)ccc1Cl. The summed E-state index contributed by atoms with van der Waals surface area (Å²) in [4.78, 5) is 10.8. The largest absolute Gasteiger partial charge is 0.493 e. The molecule has 0 saturated carbocycles. The summed E-state index contributed by atoms with van der Waals surface area (Å²) < 4.78 is 44.3. The highest BCUT2D eigenvalue weighted by Crippen LogP contribution is 2.32. The summed E-state index contributed by atoms with van der Waals surface area (Å²) in [5.41, 5.74) is 0.336. The van der Waals surface area contributed by atoms with Crippen molar-refractivity contribution in [1.82, 2.24) is 0 Å². The highest BCUT2D eigenvalue weighted by Gasteiger charge is 2.31. The molecule has 162 valence electrons. The molecule has 0 aliphatic heterocycles. The minimum atomic E-state index is -4.44. The van der Waals surface area contributed by atoms with Crippen LogP contribution in [0.4, 0.5) is 13.2 Å². The molecular weight excluding hydrogens is 405 g/mol. The molecule has 1 rings (SSSR count). The van der Waals surface area contributed by atoms with Crippen LogP contribution in [0.25, 0.3) is 0 Å². The van der Waals surface area contributed by atoms with Crippen molar-refractivity contribution < 1.29 is 27.8 Å². The molecule has 0 spiro atoms. The lowest BCUT2D eigenvalue weighted by molar-refractivity contribution is -0.137. The van der Waals surface area contributed by atoms with Gasteiger partial charge in [-0.3, -0.25) is 0 Å². The summed E-state index contributed by atoms with van der Waals surface area (Å²) in [6.45, 7) is 7.22. The van der Waals surface area contributed by atoms with Gasteiger partial charge in [0.1, 0.15) is 12.9 Å². The normalized spacial score (nSPS) is 16.3. The average molecular weight is 433 g/mol. The van der Waals surface area contributed by atoms with Crippen LogP contribution in [0.1, 0.15) is 51.7 Å². The summed E-state index contributed by atoms with van der Waals surface area (Å²) in [6.07, 6.45) is 0.291. The third kappa shape index (κ3) is 8.23. The van der Waals surface area contributed by atoms with Gasteiger partial charge in [-0.2, -0.15) is 13.2 Å². The van der Waals surface area contributed by atoms with Crippen molar-refractivity contribution in [3.63, 3.8) is 0 Å². The fourth-order valence-corrected chi connectivity index (χ4v) is 2.76. The summed E-state index contributed by atoms with van der Waals surface area (Å²) >= 11 is 6.00. The number of allylic oxidation sites excluding steroid dienone is 3. The van der Waals surface area contributed by atoms with E-state index in [0.717, 1.165) is 24.0 Å². The van der Waals surface area contributed by atoms with Crippen molar-refractivity contribution in [2.24, 2.45) is 11.8 Å². The van der Waals surface area contributed by atoms with Crippen LogP contribution >= 0.6 is 11.6 Å². The second-order valence-electron chi connectivity index (χ2n) is 7.16. The molecule has 0 heterocycles. The maximum absolute atomic E-state index is 12.9. The van der Waals surface area contributed by atoms with Crippen LogP contribution in [0, 0.1) is 11.8 Å². The summed E-state index contributed by atoms with van der Waals surface area (Å²) in [7, 11) is 0. The molecule has 29 heavy (non-hydrogen) atoms. The van der Waals surface area contributed by atoms with Gasteiger partial charge in [-0.1, -0.05) is 44.0 Å². The van der Waals surface area contributed by atoms with E-state index in [0.29, 0.717) is 18.6 Å². The van der Waals surface area contributed by atoms with Gasteiger partial charge in [-0.25, -0.2) is 0 Å². The summed E-state index contributed by atoms with van der Waals surface area (Å²) in [5.74, 6) is 0.197. The molecule has 0 saturated heterocycles. The van der Waals surface area contributed by atoms with Crippen molar-refractivity contribution in [1.29, 1.82) is 0 Å². The van der Waals surface area contributed by atoms with Crippen molar-refractivity contribution in [3.05, 3.63) is 57.8 Å². The predicted octanol–water partition coefficient (Wildman–Crippen LogP) is 6.34. The number of rotatable bonds is 10. The Labute approximate surface area is 175 Å². The first-order valence-corrected chi connectivity index (χ1v) is 9.86. The molecule has 0 aromatic heterocycles. The van der Waals surface area contributed by atoms with Crippen molar-refractivity contribution in [2.75, 3.05) is 0 Å². The Morgan fingerprint density at radius 2 is 1.97 bits per heavy atom. The number of halogens is 4. The Balaban J connectivity index is 2.80. The number of ether oxygens (including phenoxy) is 1. The fraction of sp³-hybridized carbons (Fsp3) is 0.500. The van der Waals surface area contributed by atoms with E-state index in [1.807, 2.05) is 26.8 Å². The van der Waals surface area contributed by atoms with E-state index in [9.17, 15) is 23.1 Å². The third-order valence-electron chi connectivity index (χ3n) is 4.86. The first-order valence-electron chi connectivity index (χ1n) is 9.48. The van der Waals surface area contributed by atoms with E-state index >= 15 is 0 Å². The van der Waals surface area contributed by atoms with Gasteiger partial charge in [0.25, 0.3) is 0 Å². The molecule has 0 aliphatic carbocycles. The van der Waals surface area contributed by atoms with Crippen molar-refractivity contribution >= 4 is 17.9 Å². The monoisotopic (exact) mass is 432 g/mol. The lowest BCUT2D eigenvalue weighted by Gasteiger charge is -2.20. The van der Waals surface area contributed by atoms with Gasteiger partial charge in [0.2, 0.25) is 0 Å². The number of alkyl halides is 3. The number of aldehydes is 1. The van der Waals surface area contributed by atoms with Crippen LogP contribution in [0.5, 0.6) is 0 Å². The van der Waals surface area contributed by atoms with Crippen LogP contribution in [0.2, 0.25) is 5.02 Å². The van der Waals surface area contributed by atoms with Gasteiger partial charge < -0.3 is 14.6 Å². The minimum absolute atomic E-state index is 0.0772. The molecule has 1 aromatic carbocycles. The Morgan fingerprint density at radius 1 is 1.31 bits per heavy atom. The van der Waals surface area contributed by atoms with Crippen LogP contribution in [0.15, 0.2) is 41.7 Å². The third-order valence-corrected chi connectivity index (χ3v) is 5.22. The van der Waals surface area contributed by atoms with Crippen molar-refractivity contribution in [3.8, 4) is 0 Å². The number of benzene rings is 1. The van der Waals surface area contributed by atoms with Gasteiger partial charge in [-0.15, -0.1) is 0 Å². The van der Waals surface area contributed by atoms with Crippen LogP contribution in [-0.4, -0.2) is 17.5 Å². The minimum Gasteiger partial charge on any atom is -0.493 e. The first kappa shape index (κ1) is 25.2. The zero-order valence-corrected chi connectivity index (χ0v) is 17.8. The Kier molecular flexibility index (Phi) is 9.93. The molecule has 1 N–H and O–H groups in total. The van der Waals surface area contributed by atoms with Gasteiger partial charge in [0.15, 0.2) is 0 Å². The van der Waals surface area contributed by atoms with Gasteiger partial charge in [0.05, 0.1) is 17.4 Å². The summed E-state index contributed by atoms with van der Waals surface area (Å²) in [6, 6.07) is 3.14. The highest BCUT2D eigenvalue weighted by atomic mass is 35.5. The van der Waals surface area contributed by atoms with E-state index in [1.165, 1.54) is 6.07 Å². The molecule has 0 bridgehead atoms. The highest BCUT2D eigenvalue weighted by molar-refractivity contribution is 6.31. The smallest absolute Gasteiger partial charge is 0.416 e. The zero-order valence-electron chi connectivity index (χ0n) is 17.1. The number of aliphatic hydroxyl groups excluding tert-OH is 1. The van der Waals surface area contributed by atoms with Crippen LogP contribution in [-0.2, 0) is 22.3 Å². The molecule has 0 aliphatic rings. The number of carbonyl (C=O) groups is 1. The van der Waals surface area contributed by atoms with Crippen LogP contribution in [0.3, 0.4) is 0 Å². The van der Waals surface area contributed by atoms with E-state index in [2.05, 4.69) is 0 Å². The van der Waals surface area contributed by atoms with E-state index in [4.69, 9.17) is 16.3 Å². The van der Waals surface area contributed by atoms with Gasteiger partial charge >= 0.3 is 6.18 Å². The number of hydrogen-bond acceptors (Lipinski definition) is 3. The molecule has 1 unspecified atom stereocenters.